The Hall–Kier alpha value is -1.39. The summed E-state index contributed by atoms with van der Waals surface area (Å²) in [5.74, 6) is 0.0974. The minimum absolute atomic E-state index is 0.108. The SMILES string of the molecule is CC1CN(C)CCN1C(=O)C(CN)Cc1ccccc1. The number of likely N-dealkylation sites (N-methyl/N-ethyl adjacent to an activating group) is 1. The number of rotatable bonds is 4. The first-order valence-electron chi connectivity index (χ1n) is 7.35. The molecule has 1 fully saturated rings. The zero-order chi connectivity index (χ0) is 14.5. The van der Waals surface area contributed by atoms with Gasteiger partial charge in [0.2, 0.25) is 5.91 Å². The van der Waals surface area contributed by atoms with E-state index < -0.39 is 0 Å². The summed E-state index contributed by atoms with van der Waals surface area (Å²) < 4.78 is 0. The van der Waals surface area contributed by atoms with Gasteiger partial charge in [0.15, 0.2) is 0 Å². The van der Waals surface area contributed by atoms with Crippen LogP contribution in [0.2, 0.25) is 0 Å². The number of amides is 1. The molecule has 0 bridgehead atoms. The standard InChI is InChI=1S/C16H25N3O/c1-13-12-18(2)8-9-19(13)16(20)15(11-17)10-14-6-4-3-5-7-14/h3-7,13,15H,8-12,17H2,1-2H3. The second-order valence-corrected chi connectivity index (χ2v) is 5.77. The first kappa shape index (κ1) is 15.0. The van der Waals surface area contributed by atoms with Gasteiger partial charge in [0, 0.05) is 32.2 Å². The second kappa shape index (κ2) is 6.86. The van der Waals surface area contributed by atoms with E-state index in [2.05, 4.69) is 31.0 Å². The van der Waals surface area contributed by atoms with Gasteiger partial charge >= 0.3 is 0 Å². The number of hydrogen-bond acceptors (Lipinski definition) is 3. The van der Waals surface area contributed by atoms with Crippen molar-refractivity contribution in [2.45, 2.75) is 19.4 Å². The Balaban J connectivity index is 2.02. The molecule has 20 heavy (non-hydrogen) atoms. The monoisotopic (exact) mass is 275 g/mol. The average molecular weight is 275 g/mol. The zero-order valence-electron chi connectivity index (χ0n) is 12.5. The molecular formula is C16H25N3O. The fourth-order valence-corrected chi connectivity index (χ4v) is 2.87. The van der Waals surface area contributed by atoms with Crippen molar-refractivity contribution in [2.24, 2.45) is 11.7 Å². The molecule has 4 nitrogen and oxygen atoms in total. The van der Waals surface area contributed by atoms with E-state index in [-0.39, 0.29) is 17.9 Å². The molecule has 2 atom stereocenters. The van der Waals surface area contributed by atoms with Gasteiger partial charge in [0.05, 0.1) is 5.92 Å². The summed E-state index contributed by atoms with van der Waals surface area (Å²) in [6.45, 7) is 5.21. The van der Waals surface area contributed by atoms with Crippen LogP contribution in [0.25, 0.3) is 0 Å². The van der Waals surface area contributed by atoms with Crippen LogP contribution >= 0.6 is 0 Å². The van der Waals surface area contributed by atoms with Crippen molar-refractivity contribution in [1.82, 2.24) is 9.80 Å². The topological polar surface area (TPSA) is 49.6 Å². The van der Waals surface area contributed by atoms with E-state index >= 15 is 0 Å². The van der Waals surface area contributed by atoms with Crippen LogP contribution < -0.4 is 5.73 Å². The predicted octanol–water partition coefficient (Wildman–Crippen LogP) is 0.967. The van der Waals surface area contributed by atoms with E-state index in [9.17, 15) is 4.79 Å². The Morgan fingerprint density at radius 2 is 2.05 bits per heavy atom. The number of piperazine rings is 1. The molecule has 4 heteroatoms. The van der Waals surface area contributed by atoms with Crippen molar-refractivity contribution in [3.63, 3.8) is 0 Å². The van der Waals surface area contributed by atoms with Gasteiger partial charge in [0.1, 0.15) is 0 Å². The third-order valence-corrected chi connectivity index (χ3v) is 4.07. The number of nitrogens with two attached hydrogens (primary N) is 1. The van der Waals surface area contributed by atoms with Gasteiger partial charge in [0.25, 0.3) is 0 Å². The maximum absolute atomic E-state index is 12.7. The fraction of sp³-hybridized carbons (Fsp3) is 0.562. The summed E-state index contributed by atoms with van der Waals surface area (Å²) in [4.78, 5) is 16.9. The Kier molecular flexibility index (Phi) is 5.15. The lowest BCUT2D eigenvalue weighted by Crippen LogP contribution is -2.55. The summed E-state index contributed by atoms with van der Waals surface area (Å²) in [5.41, 5.74) is 7.02. The Bertz CT molecular complexity index is 435. The lowest BCUT2D eigenvalue weighted by molar-refractivity contribution is -0.139. The lowest BCUT2D eigenvalue weighted by Gasteiger charge is -2.39. The van der Waals surface area contributed by atoms with E-state index in [0.29, 0.717) is 6.54 Å². The molecule has 1 amide bonds. The molecule has 0 saturated carbocycles. The molecule has 0 aliphatic carbocycles. The van der Waals surface area contributed by atoms with E-state index in [0.717, 1.165) is 26.1 Å². The molecule has 2 unspecified atom stereocenters. The van der Waals surface area contributed by atoms with Crippen LogP contribution in [0.3, 0.4) is 0 Å². The van der Waals surface area contributed by atoms with Gasteiger partial charge in [-0.2, -0.15) is 0 Å². The van der Waals surface area contributed by atoms with Crippen molar-refractivity contribution in [1.29, 1.82) is 0 Å². The van der Waals surface area contributed by atoms with E-state index in [1.165, 1.54) is 5.56 Å². The summed E-state index contributed by atoms with van der Waals surface area (Å²) in [5, 5.41) is 0. The third-order valence-electron chi connectivity index (χ3n) is 4.07. The molecule has 1 aliphatic rings. The van der Waals surface area contributed by atoms with E-state index in [1.54, 1.807) is 0 Å². The Morgan fingerprint density at radius 1 is 1.35 bits per heavy atom. The van der Waals surface area contributed by atoms with E-state index in [4.69, 9.17) is 5.73 Å². The maximum atomic E-state index is 12.7. The Morgan fingerprint density at radius 3 is 2.65 bits per heavy atom. The number of nitrogens with zero attached hydrogens (tertiary/aromatic N) is 2. The number of carbonyl (C=O) groups is 1. The average Bonchev–Trinajstić information content (AvgIpc) is 2.45. The molecule has 0 aromatic heterocycles. The fourth-order valence-electron chi connectivity index (χ4n) is 2.87. The summed E-state index contributed by atoms with van der Waals surface area (Å²) >= 11 is 0. The first-order valence-corrected chi connectivity index (χ1v) is 7.35. The molecule has 2 rings (SSSR count). The highest BCUT2D eigenvalue weighted by Gasteiger charge is 2.30. The normalized spacial score (nSPS) is 21.8. The van der Waals surface area contributed by atoms with Gasteiger partial charge in [-0.25, -0.2) is 0 Å². The molecule has 1 aliphatic heterocycles. The molecule has 1 aromatic carbocycles. The van der Waals surface area contributed by atoms with Gasteiger partial charge < -0.3 is 15.5 Å². The second-order valence-electron chi connectivity index (χ2n) is 5.77. The quantitative estimate of drug-likeness (QED) is 0.890. The van der Waals surface area contributed by atoms with Crippen LogP contribution in [-0.2, 0) is 11.2 Å². The molecule has 1 saturated heterocycles. The van der Waals surface area contributed by atoms with E-state index in [1.807, 2.05) is 23.1 Å². The molecular weight excluding hydrogens is 250 g/mol. The van der Waals surface area contributed by atoms with Crippen LogP contribution in [0.4, 0.5) is 0 Å². The smallest absolute Gasteiger partial charge is 0.227 e. The summed E-state index contributed by atoms with van der Waals surface area (Å²) in [6, 6.07) is 10.4. The van der Waals surface area contributed by atoms with Gasteiger partial charge in [-0.1, -0.05) is 30.3 Å². The van der Waals surface area contributed by atoms with Crippen molar-refractivity contribution < 1.29 is 4.79 Å². The molecule has 1 aromatic rings. The Labute approximate surface area is 121 Å². The summed E-state index contributed by atoms with van der Waals surface area (Å²) in [7, 11) is 2.10. The van der Waals surface area contributed by atoms with Crippen molar-refractivity contribution in [3.05, 3.63) is 35.9 Å². The number of carbonyl (C=O) groups excluding carboxylic acids is 1. The molecule has 2 N–H and O–H groups in total. The number of hydrogen-bond donors (Lipinski definition) is 1. The molecule has 0 radical (unpaired) electrons. The molecule has 0 spiro atoms. The highest BCUT2D eigenvalue weighted by molar-refractivity contribution is 5.80. The zero-order valence-corrected chi connectivity index (χ0v) is 12.5. The highest BCUT2D eigenvalue weighted by Crippen LogP contribution is 2.15. The van der Waals surface area contributed by atoms with Crippen LogP contribution in [-0.4, -0.2) is 55.0 Å². The first-order chi connectivity index (χ1) is 9.61. The lowest BCUT2D eigenvalue weighted by atomic mass is 9.97. The molecule has 1 heterocycles. The van der Waals surface area contributed by atoms with Gasteiger partial charge in [-0.05, 0) is 26.0 Å². The predicted molar refractivity (Wildman–Crippen MR) is 81.4 cm³/mol. The minimum Gasteiger partial charge on any atom is -0.337 e. The highest BCUT2D eigenvalue weighted by atomic mass is 16.2. The minimum atomic E-state index is -0.108. The van der Waals surface area contributed by atoms with Crippen LogP contribution in [0.5, 0.6) is 0 Å². The maximum Gasteiger partial charge on any atom is 0.227 e. The number of benzene rings is 1. The van der Waals surface area contributed by atoms with Gasteiger partial charge in [-0.3, -0.25) is 4.79 Å². The van der Waals surface area contributed by atoms with Crippen LogP contribution in [0.1, 0.15) is 12.5 Å². The van der Waals surface area contributed by atoms with Crippen LogP contribution in [0, 0.1) is 5.92 Å². The summed E-state index contributed by atoms with van der Waals surface area (Å²) in [6.07, 6.45) is 0.731. The third kappa shape index (κ3) is 3.58. The van der Waals surface area contributed by atoms with Gasteiger partial charge in [-0.15, -0.1) is 0 Å². The van der Waals surface area contributed by atoms with Crippen molar-refractivity contribution in [3.8, 4) is 0 Å². The van der Waals surface area contributed by atoms with Crippen molar-refractivity contribution >= 4 is 5.91 Å². The largest absolute Gasteiger partial charge is 0.337 e. The van der Waals surface area contributed by atoms with Crippen LogP contribution in [0.15, 0.2) is 30.3 Å². The van der Waals surface area contributed by atoms with Crippen molar-refractivity contribution in [2.75, 3.05) is 33.2 Å². The molecule has 110 valence electrons.